The summed E-state index contributed by atoms with van der Waals surface area (Å²) >= 11 is 0. The molecule has 10 heteroatoms. The number of anilines is 2. The average Bonchev–Trinajstić information content (AvgIpc) is 2.53. The van der Waals surface area contributed by atoms with Crippen molar-refractivity contribution in [1.29, 1.82) is 0 Å². The summed E-state index contributed by atoms with van der Waals surface area (Å²) in [5.74, 6) is -0.0566. The van der Waals surface area contributed by atoms with Gasteiger partial charge in [0, 0.05) is 18.9 Å². The van der Waals surface area contributed by atoms with Crippen molar-refractivity contribution in [2.45, 2.75) is 16.7 Å². The second-order valence-corrected chi connectivity index (χ2v) is 9.14. The molecule has 0 fully saturated rings. The van der Waals surface area contributed by atoms with Gasteiger partial charge in [0.05, 0.1) is 22.6 Å². The number of amides is 1. The van der Waals surface area contributed by atoms with Crippen LogP contribution in [0, 0.1) is 0 Å². The fourth-order valence-corrected chi connectivity index (χ4v) is 3.84. The maximum atomic E-state index is 12.5. The van der Waals surface area contributed by atoms with Gasteiger partial charge < -0.3 is 10.1 Å². The number of ether oxygens (including phenoxy) is 1. The highest BCUT2D eigenvalue weighted by atomic mass is 32.2. The lowest BCUT2D eigenvalue weighted by Crippen LogP contribution is -2.14. The van der Waals surface area contributed by atoms with E-state index in [1.807, 2.05) is 0 Å². The number of hydrogen-bond donors (Lipinski definition) is 2. The van der Waals surface area contributed by atoms with Crippen LogP contribution < -0.4 is 14.8 Å². The normalized spacial score (nSPS) is 11.7. The molecule has 0 spiro atoms. The number of rotatable bonds is 6. The molecule has 140 valence electrons. The Labute approximate surface area is 152 Å². The average molecular weight is 398 g/mol. The van der Waals surface area contributed by atoms with Crippen molar-refractivity contribution in [2.75, 3.05) is 23.4 Å². The molecule has 0 radical (unpaired) electrons. The van der Waals surface area contributed by atoms with E-state index in [-0.39, 0.29) is 27.1 Å². The van der Waals surface area contributed by atoms with Crippen molar-refractivity contribution in [3.63, 3.8) is 0 Å². The molecule has 0 aliphatic carbocycles. The summed E-state index contributed by atoms with van der Waals surface area (Å²) in [5.41, 5.74) is 0.421. The fourth-order valence-electron chi connectivity index (χ4n) is 2.13. The van der Waals surface area contributed by atoms with Crippen LogP contribution in [0.15, 0.2) is 52.3 Å². The summed E-state index contributed by atoms with van der Waals surface area (Å²) in [6.07, 6.45) is 1.06. The topological polar surface area (TPSA) is 119 Å². The van der Waals surface area contributed by atoms with E-state index in [2.05, 4.69) is 10.0 Å². The summed E-state index contributed by atoms with van der Waals surface area (Å²) < 4.78 is 55.4. The van der Waals surface area contributed by atoms with Crippen LogP contribution in [0.5, 0.6) is 5.75 Å². The van der Waals surface area contributed by atoms with E-state index < -0.39 is 19.9 Å². The maximum absolute atomic E-state index is 12.5. The van der Waals surface area contributed by atoms with Gasteiger partial charge in [-0.1, -0.05) is 0 Å². The number of benzene rings is 2. The Balaban J connectivity index is 2.34. The summed E-state index contributed by atoms with van der Waals surface area (Å²) in [4.78, 5) is 11.3. The Morgan fingerprint density at radius 1 is 0.962 bits per heavy atom. The van der Waals surface area contributed by atoms with Crippen LogP contribution in [0.25, 0.3) is 0 Å². The zero-order valence-corrected chi connectivity index (χ0v) is 15.9. The SMILES string of the molecule is COc1ccc(S(=O)(=O)Nc2ccc(S(C)(=O)=O)cc2)cc1NC(C)=O. The Bertz CT molecular complexity index is 1030. The van der Waals surface area contributed by atoms with Gasteiger partial charge in [0.1, 0.15) is 5.75 Å². The molecule has 0 heterocycles. The van der Waals surface area contributed by atoms with Gasteiger partial charge in [0.25, 0.3) is 10.0 Å². The minimum Gasteiger partial charge on any atom is -0.495 e. The number of sulfonamides is 1. The van der Waals surface area contributed by atoms with Crippen LogP contribution >= 0.6 is 0 Å². The molecule has 0 aliphatic rings. The Morgan fingerprint density at radius 3 is 2.04 bits per heavy atom. The van der Waals surface area contributed by atoms with Gasteiger partial charge in [0.2, 0.25) is 5.91 Å². The molecular formula is C16H18N2O6S2. The van der Waals surface area contributed by atoms with E-state index in [4.69, 9.17) is 4.74 Å². The third kappa shape index (κ3) is 4.73. The lowest BCUT2D eigenvalue weighted by atomic mass is 10.3. The van der Waals surface area contributed by atoms with Crippen molar-refractivity contribution >= 4 is 37.1 Å². The van der Waals surface area contributed by atoms with Crippen molar-refractivity contribution < 1.29 is 26.4 Å². The Morgan fingerprint density at radius 2 is 1.54 bits per heavy atom. The highest BCUT2D eigenvalue weighted by molar-refractivity contribution is 7.92. The number of hydrogen-bond acceptors (Lipinski definition) is 6. The lowest BCUT2D eigenvalue weighted by molar-refractivity contribution is -0.114. The van der Waals surface area contributed by atoms with E-state index in [1.54, 1.807) is 0 Å². The highest BCUT2D eigenvalue weighted by Gasteiger charge is 2.18. The van der Waals surface area contributed by atoms with E-state index in [9.17, 15) is 21.6 Å². The number of sulfone groups is 1. The predicted octanol–water partition coefficient (Wildman–Crippen LogP) is 1.86. The minimum atomic E-state index is -3.95. The minimum absolute atomic E-state index is 0.0813. The predicted molar refractivity (Wildman–Crippen MR) is 97.7 cm³/mol. The van der Waals surface area contributed by atoms with E-state index in [0.717, 1.165) is 6.26 Å². The van der Waals surface area contributed by atoms with Crippen LogP contribution in [0.2, 0.25) is 0 Å². The van der Waals surface area contributed by atoms with Gasteiger partial charge in [-0.25, -0.2) is 16.8 Å². The first-order valence-corrected chi connectivity index (χ1v) is 10.7. The summed E-state index contributed by atoms with van der Waals surface area (Å²) in [6, 6.07) is 9.35. The largest absolute Gasteiger partial charge is 0.495 e. The van der Waals surface area contributed by atoms with Gasteiger partial charge >= 0.3 is 0 Å². The van der Waals surface area contributed by atoms with E-state index in [1.165, 1.54) is 56.5 Å². The van der Waals surface area contributed by atoms with Crippen molar-refractivity contribution in [3.8, 4) is 5.75 Å². The second-order valence-electron chi connectivity index (χ2n) is 5.45. The molecule has 1 amide bonds. The zero-order chi connectivity index (χ0) is 19.5. The van der Waals surface area contributed by atoms with Crippen molar-refractivity contribution in [1.82, 2.24) is 0 Å². The molecule has 0 atom stereocenters. The van der Waals surface area contributed by atoms with Crippen molar-refractivity contribution in [2.24, 2.45) is 0 Å². The summed E-state index contributed by atoms with van der Waals surface area (Å²) in [5, 5.41) is 2.50. The quantitative estimate of drug-likeness (QED) is 0.767. The fraction of sp³-hybridized carbons (Fsp3) is 0.188. The third-order valence-corrected chi connectivity index (χ3v) is 5.83. The Kier molecular flexibility index (Phi) is 5.57. The molecule has 2 aromatic rings. The molecule has 0 aliphatic heterocycles. The number of carbonyl (C=O) groups is 1. The van der Waals surface area contributed by atoms with Crippen LogP contribution in [-0.4, -0.2) is 36.1 Å². The molecule has 2 rings (SSSR count). The number of methoxy groups -OCH3 is 1. The van der Waals surface area contributed by atoms with Crippen LogP contribution in [0.1, 0.15) is 6.92 Å². The maximum Gasteiger partial charge on any atom is 0.261 e. The monoisotopic (exact) mass is 398 g/mol. The van der Waals surface area contributed by atoms with Gasteiger partial charge in [-0.15, -0.1) is 0 Å². The van der Waals surface area contributed by atoms with Crippen LogP contribution in [0.4, 0.5) is 11.4 Å². The molecule has 2 aromatic carbocycles. The second kappa shape index (κ2) is 7.34. The van der Waals surface area contributed by atoms with Gasteiger partial charge in [-0.2, -0.15) is 0 Å². The molecule has 8 nitrogen and oxygen atoms in total. The first-order valence-electron chi connectivity index (χ1n) is 7.31. The Hall–Kier alpha value is -2.59. The molecule has 26 heavy (non-hydrogen) atoms. The number of nitrogens with one attached hydrogen (secondary N) is 2. The molecule has 0 bridgehead atoms. The number of carbonyl (C=O) groups excluding carboxylic acids is 1. The molecule has 0 saturated carbocycles. The molecular weight excluding hydrogens is 380 g/mol. The standard InChI is InChI=1S/C16H18N2O6S2/c1-11(19)17-15-10-14(8-9-16(15)24-2)26(22,23)18-12-4-6-13(7-5-12)25(3,20)21/h4-10,18H,1-3H3,(H,17,19). The van der Waals surface area contributed by atoms with E-state index >= 15 is 0 Å². The van der Waals surface area contributed by atoms with Crippen molar-refractivity contribution in [3.05, 3.63) is 42.5 Å². The molecule has 2 N–H and O–H groups in total. The van der Waals surface area contributed by atoms with Gasteiger partial charge in [-0.05, 0) is 42.5 Å². The molecule has 0 aromatic heterocycles. The van der Waals surface area contributed by atoms with Gasteiger partial charge in [-0.3, -0.25) is 9.52 Å². The zero-order valence-electron chi connectivity index (χ0n) is 14.3. The van der Waals surface area contributed by atoms with Crippen LogP contribution in [-0.2, 0) is 24.7 Å². The van der Waals surface area contributed by atoms with Gasteiger partial charge in [0.15, 0.2) is 9.84 Å². The third-order valence-electron chi connectivity index (χ3n) is 3.33. The van der Waals surface area contributed by atoms with Crippen LogP contribution in [0.3, 0.4) is 0 Å². The lowest BCUT2D eigenvalue weighted by Gasteiger charge is -2.13. The summed E-state index contributed by atoms with van der Waals surface area (Å²) in [7, 11) is -5.92. The summed E-state index contributed by atoms with van der Waals surface area (Å²) in [6.45, 7) is 1.29. The smallest absolute Gasteiger partial charge is 0.261 e. The highest BCUT2D eigenvalue weighted by Crippen LogP contribution is 2.28. The molecule has 0 saturated heterocycles. The molecule has 0 unspecified atom stereocenters. The first kappa shape index (κ1) is 19.7. The first-order chi connectivity index (χ1) is 12.0. The van der Waals surface area contributed by atoms with E-state index in [0.29, 0.717) is 5.75 Å².